The molecule has 1 amide bonds. The van der Waals surface area contributed by atoms with Gasteiger partial charge in [-0.2, -0.15) is 0 Å². The molecule has 0 bridgehead atoms. The molecule has 0 aliphatic rings. The Bertz CT molecular complexity index is 879. The molecule has 0 radical (unpaired) electrons. The van der Waals surface area contributed by atoms with E-state index in [9.17, 15) is 19.3 Å². The number of nitrogens with one attached hydrogen (secondary N) is 2. The summed E-state index contributed by atoms with van der Waals surface area (Å²) >= 11 is 11.0. The van der Waals surface area contributed by atoms with E-state index in [2.05, 4.69) is 10.6 Å². The second kappa shape index (κ2) is 8.54. The van der Waals surface area contributed by atoms with Crippen molar-refractivity contribution >= 4 is 46.2 Å². The van der Waals surface area contributed by atoms with E-state index in [1.165, 1.54) is 18.2 Å². The largest absolute Gasteiger partial charge is 0.492 e. The van der Waals surface area contributed by atoms with Crippen molar-refractivity contribution in [2.45, 2.75) is 6.92 Å². The maximum Gasteiger partial charge on any atom is 0.271 e. The molecule has 136 valence electrons. The van der Waals surface area contributed by atoms with Crippen LogP contribution in [0.15, 0.2) is 36.4 Å². The Hall–Kier alpha value is -2.78. The molecule has 0 saturated heterocycles. The number of thiocarbonyl (C=S) groups is 1. The average molecular weight is 398 g/mol. The first-order chi connectivity index (χ1) is 12.3. The Morgan fingerprint density at radius 2 is 2.08 bits per heavy atom. The van der Waals surface area contributed by atoms with Gasteiger partial charge in [-0.25, -0.2) is 4.39 Å². The lowest BCUT2D eigenvalue weighted by atomic mass is 10.2. The second-order valence-corrected chi connectivity index (χ2v) is 5.72. The van der Waals surface area contributed by atoms with Crippen molar-refractivity contribution in [3.63, 3.8) is 0 Å². The monoisotopic (exact) mass is 397 g/mol. The fourth-order valence-electron chi connectivity index (χ4n) is 1.97. The minimum absolute atomic E-state index is 0.210. The molecular weight excluding hydrogens is 385 g/mol. The van der Waals surface area contributed by atoms with Gasteiger partial charge in [-0.1, -0.05) is 11.6 Å². The van der Waals surface area contributed by atoms with Crippen LogP contribution < -0.4 is 15.4 Å². The molecule has 0 unspecified atom stereocenters. The van der Waals surface area contributed by atoms with Gasteiger partial charge in [0.1, 0.15) is 11.6 Å². The number of halogens is 2. The third-order valence-corrected chi connectivity index (χ3v) is 3.63. The van der Waals surface area contributed by atoms with Gasteiger partial charge in [-0.05, 0) is 43.4 Å². The topological polar surface area (TPSA) is 93.5 Å². The quantitative estimate of drug-likeness (QED) is 0.451. The lowest BCUT2D eigenvalue weighted by Crippen LogP contribution is -2.34. The van der Waals surface area contributed by atoms with Gasteiger partial charge < -0.3 is 10.1 Å². The van der Waals surface area contributed by atoms with Gasteiger partial charge in [-0.3, -0.25) is 20.2 Å². The third-order valence-electron chi connectivity index (χ3n) is 3.13. The van der Waals surface area contributed by atoms with Crippen LogP contribution in [0, 0.1) is 15.9 Å². The number of hydrogen-bond donors (Lipinski definition) is 2. The molecular formula is C16H13ClFN3O4S. The van der Waals surface area contributed by atoms with Crippen molar-refractivity contribution in [3.05, 3.63) is 62.9 Å². The first-order valence-corrected chi connectivity index (χ1v) is 8.09. The summed E-state index contributed by atoms with van der Waals surface area (Å²) in [5.74, 6) is -0.903. The second-order valence-electron chi connectivity index (χ2n) is 4.91. The summed E-state index contributed by atoms with van der Waals surface area (Å²) in [6, 6.07) is 7.35. The van der Waals surface area contributed by atoms with E-state index in [1.54, 1.807) is 6.92 Å². The fourth-order valence-corrected chi connectivity index (χ4v) is 2.40. The summed E-state index contributed by atoms with van der Waals surface area (Å²) in [5.41, 5.74) is -0.335. The summed E-state index contributed by atoms with van der Waals surface area (Å²) in [5, 5.41) is 15.5. The van der Waals surface area contributed by atoms with Gasteiger partial charge >= 0.3 is 0 Å². The highest BCUT2D eigenvalue weighted by Gasteiger charge is 2.14. The van der Waals surface area contributed by atoms with Gasteiger partial charge in [-0.15, -0.1) is 0 Å². The number of ether oxygens (including phenoxy) is 1. The molecule has 0 atom stereocenters. The van der Waals surface area contributed by atoms with Crippen molar-refractivity contribution < 1.29 is 18.8 Å². The fraction of sp³-hybridized carbons (Fsp3) is 0.125. The maximum atomic E-state index is 13.7. The predicted octanol–water partition coefficient (Wildman–Crippen LogP) is 3.91. The predicted molar refractivity (Wildman–Crippen MR) is 99.4 cm³/mol. The van der Waals surface area contributed by atoms with E-state index in [0.717, 1.165) is 18.2 Å². The van der Waals surface area contributed by atoms with Crippen molar-refractivity contribution in [3.8, 4) is 5.75 Å². The van der Waals surface area contributed by atoms with E-state index in [1.807, 2.05) is 0 Å². The molecule has 0 spiro atoms. The van der Waals surface area contributed by atoms with Crippen molar-refractivity contribution in [1.29, 1.82) is 0 Å². The van der Waals surface area contributed by atoms with Gasteiger partial charge in [0.05, 0.1) is 22.2 Å². The average Bonchev–Trinajstić information content (AvgIpc) is 2.58. The molecule has 0 aromatic heterocycles. The number of rotatable bonds is 5. The number of amides is 1. The van der Waals surface area contributed by atoms with Gasteiger partial charge in [0.15, 0.2) is 5.11 Å². The highest BCUT2D eigenvalue weighted by atomic mass is 35.5. The molecule has 7 nitrogen and oxygen atoms in total. The van der Waals surface area contributed by atoms with E-state index >= 15 is 0 Å². The molecule has 0 aliphatic carbocycles. The molecule has 2 aromatic carbocycles. The zero-order valence-electron chi connectivity index (χ0n) is 13.4. The van der Waals surface area contributed by atoms with Crippen LogP contribution in [0.25, 0.3) is 0 Å². The van der Waals surface area contributed by atoms with Crippen LogP contribution in [0.5, 0.6) is 5.75 Å². The highest BCUT2D eigenvalue weighted by molar-refractivity contribution is 7.80. The number of nitrogens with zero attached hydrogens (tertiary/aromatic N) is 1. The van der Waals surface area contributed by atoms with Crippen LogP contribution in [0.3, 0.4) is 0 Å². The summed E-state index contributed by atoms with van der Waals surface area (Å²) in [6.45, 7) is 2.22. The van der Waals surface area contributed by atoms with Crippen molar-refractivity contribution in [1.82, 2.24) is 5.32 Å². The molecule has 10 heteroatoms. The maximum absolute atomic E-state index is 13.7. The van der Waals surface area contributed by atoms with Crippen LogP contribution in [0.4, 0.5) is 15.8 Å². The van der Waals surface area contributed by atoms with Crippen LogP contribution in [-0.4, -0.2) is 22.5 Å². The summed E-state index contributed by atoms with van der Waals surface area (Å²) in [4.78, 5) is 22.3. The number of hydrogen-bond acceptors (Lipinski definition) is 5. The molecule has 0 aliphatic heterocycles. The number of non-ortho nitro benzene ring substituents is 1. The Balaban J connectivity index is 2.08. The van der Waals surface area contributed by atoms with Gasteiger partial charge in [0.2, 0.25) is 0 Å². The molecule has 2 N–H and O–H groups in total. The van der Waals surface area contributed by atoms with E-state index in [4.69, 9.17) is 28.6 Å². The standard InChI is InChI=1S/C16H13ClFN3O4S/c1-2-25-14-6-3-9(7-11(14)17)15(22)20-16(26)19-13-8-10(21(23)24)4-5-12(13)18/h3-8H,2H2,1H3,(H2,19,20,22,26). The van der Waals surface area contributed by atoms with Gasteiger partial charge in [0.25, 0.3) is 11.6 Å². The first kappa shape index (κ1) is 19.5. The number of nitro groups is 1. The molecule has 0 fully saturated rings. The normalized spacial score (nSPS) is 10.1. The Morgan fingerprint density at radius 1 is 1.35 bits per heavy atom. The Kier molecular flexibility index (Phi) is 6.42. The molecule has 0 heterocycles. The molecule has 26 heavy (non-hydrogen) atoms. The summed E-state index contributed by atoms with van der Waals surface area (Å²) in [7, 11) is 0. The number of carbonyl (C=O) groups excluding carboxylic acids is 1. The number of carbonyl (C=O) groups is 1. The molecule has 0 saturated carbocycles. The number of benzene rings is 2. The van der Waals surface area contributed by atoms with Crippen LogP contribution in [0.2, 0.25) is 5.02 Å². The SMILES string of the molecule is CCOc1ccc(C(=O)NC(=S)Nc2cc([N+](=O)[O-])ccc2F)cc1Cl. The summed E-state index contributed by atoms with van der Waals surface area (Å²) < 4.78 is 19.0. The lowest BCUT2D eigenvalue weighted by Gasteiger charge is -2.11. The zero-order chi connectivity index (χ0) is 19.3. The zero-order valence-corrected chi connectivity index (χ0v) is 15.0. The lowest BCUT2D eigenvalue weighted by molar-refractivity contribution is -0.384. The number of anilines is 1. The molecule has 2 rings (SSSR count). The van der Waals surface area contributed by atoms with E-state index in [0.29, 0.717) is 12.4 Å². The molecule has 2 aromatic rings. The van der Waals surface area contributed by atoms with Crippen LogP contribution in [-0.2, 0) is 0 Å². The van der Waals surface area contributed by atoms with Crippen LogP contribution >= 0.6 is 23.8 Å². The van der Waals surface area contributed by atoms with Crippen LogP contribution in [0.1, 0.15) is 17.3 Å². The number of nitro benzene ring substituents is 1. The van der Waals surface area contributed by atoms with Crippen molar-refractivity contribution in [2.75, 3.05) is 11.9 Å². The first-order valence-electron chi connectivity index (χ1n) is 7.30. The highest BCUT2D eigenvalue weighted by Crippen LogP contribution is 2.25. The smallest absolute Gasteiger partial charge is 0.271 e. The minimum Gasteiger partial charge on any atom is -0.492 e. The van der Waals surface area contributed by atoms with E-state index < -0.39 is 16.6 Å². The Labute approximate surface area is 158 Å². The minimum atomic E-state index is -0.753. The van der Waals surface area contributed by atoms with E-state index in [-0.39, 0.29) is 27.1 Å². The summed E-state index contributed by atoms with van der Waals surface area (Å²) in [6.07, 6.45) is 0. The van der Waals surface area contributed by atoms with Gasteiger partial charge in [0, 0.05) is 17.7 Å². The Morgan fingerprint density at radius 3 is 2.69 bits per heavy atom. The third kappa shape index (κ3) is 4.87. The van der Waals surface area contributed by atoms with Crippen molar-refractivity contribution in [2.24, 2.45) is 0 Å².